The minimum absolute atomic E-state index is 0.132. The second-order valence-corrected chi connectivity index (χ2v) is 8.15. The lowest BCUT2D eigenvalue weighted by atomic mass is 9.90. The maximum absolute atomic E-state index is 13.6. The van der Waals surface area contributed by atoms with Crippen molar-refractivity contribution in [2.24, 2.45) is 0 Å². The van der Waals surface area contributed by atoms with Crippen molar-refractivity contribution in [3.8, 4) is 22.3 Å². The van der Waals surface area contributed by atoms with Gasteiger partial charge in [-0.2, -0.15) is 13.2 Å². The van der Waals surface area contributed by atoms with Crippen LogP contribution in [0, 0.1) is 6.92 Å². The molecule has 0 saturated carbocycles. The summed E-state index contributed by atoms with van der Waals surface area (Å²) in [6.07, 6.45) is -3.12. The average Bonchev–Trinajstić information content (AvgIpc) is 2.73. The number of halogens is 3. The molecule has 1 N–H and O–H groups in total. The molecule has 1 atom stereocenters. The molecule has 1 unspecified atom stereocenters. The van der Waals surface area contributed by atoms with Crippen LogP contribution < -0.4 is 0 Å². The molecule has 0 saturated heterocycles. The van der Waals surface area contributed by atoms with Gasteiger partial charge in [-0.3, -0.25) is 4.98 Å². The number of hydrogen-bond donors (Lipinski definition) is 1. The third-order valence-electron chi connectivity index (χ3n) is 5.16. The van der Waals surface area contributed by atoms with Gasteiger partial charge in [-0.15, -0.1) is 0 Å². The number of nitrogens with zero attached hydrogens (tertiary/aromatic N) is 1. The molecule has 0 fully saturated rings. The molecule has 7 heteroatoms. The van der Waals surface area contributed by atoms with Crippen molar-refractivity contribution >= 4 is 22.0 Å². The first-order valence-electron chi connectivity index (χ1n) is 9.47. The van der Waals surface area contributed by atoms with E-state index in [1.54, 1.807) is 19.1 Å². The summed E-state index contributed by atoms with van der Waals surface area (Å²) in [5, 5.41) is 0.352. The van der Waals surface area contributed by atoms with Crippen LogP contribution in [0.4, 0.5) is 13.2 Å². The molecule has 1 heterocycles. The van der Waals surface area contributed by atoms with E-state index < -0.39 is 22.8 Å². The highest BCUT2D eigenvalue weighted by Crippen LogP contribution is 2.40. The molecule has 3 nitrogen and oxygen atoms in total. The quantitative estimate of drug-likeness (QED) is 0.362. The standard InChI is InChI=1S/C24H18F3NO2S/c1-15-13-28-23-19(8-5-9-21(23)24(25,26)27)22(15)20-12-17(16-6-3-2-4-7-16)10-11-18(20)14-31(29)30/h2-13H,14H2,1H3,(H,29,30). The van der Waals surface area contributed by atoms with Crippen molar-refractivity contribution in [3.63, 3.8) is 0 Å². The van der Waals surface area contributed by atoms with Crippen molar-refractivity contribution in [1.82, 2.24) is 4.98 Å². The first-order chi connectivity index (χ1) is 14.8. The van der Waals surface area contributed by atoms with Crippen LogP contribution in [0.2, 0.25) is 0 Å². The second-order valence-electron chi connectivity index (χ2n) is 7.22. The monoisotopic (exact) mass is 441 g/mol. The molecular formula is C24H18F3NO2S. The Balaban J connectivity index is 2.04. The predicted molar refractivity (Wildman–Crippen MR) is 117 cm³/mol. The molecule has 1 aromatic heterocycles. The fourth-order valence-corrected chi connectivity index (χ4v) is 4.30. The van der Waals surface area contributed by atoms with Gasteiger partial charge in [0.2, 0.25) is 0 Å². The van der Waals surface area contributed by atoms with Crippen LogP contribution in [0.5, 0.6) is 0 Å². The van der Waals surface area contributed by atoms with Gasteiger partial charge in [0.05, 0.1) is 16.8 Å². The smallest absolute Gasteiger partial charge is 0.306 e. The normalized spacial score (nSPS) is 12.8. The van der Waals surface area contributed by atoms with Crippen molar-refractivity contribution in [2.45, 2.75) is 18.9 Å². The van der Waals surface area contributed by atoms with Crippen LogP contribution in [0.25, 0.3) is 33.2 Å². The van der Waals surface area contributed by atoms with Crippen molar-refractivity contribution in [3.05, 3.63) is 89.6 Å². The fraction of sp³-hybridized carbons (Fsp3) is 0.125. The van der Waals surface area contributed by atoms with E-state index in [0.717, 1.165) is 17.2 Å². The summed E-state index contributed by atoms with van der Waals surface area (Å²) in [6.45, 7) is 1.77. The SMILES string of the molecule is Cc1cnc2c(C(F)(F)F)cccc2c1-c1cc(-c2ccccc2)ccc1CS(=O)O. The lowest BCUT2D eigenvalue weighted by Gasteiger charge is -2.17. The van der Waals surface area contributed by atoms with Crippen molar-refractivity contribution in [2.75, 3.05) is 0 Å². The number of benzene rings is 3. The lowest BCUT2D eigenvalue weighted by Crippen LogP contribution is -2.07. The third-order valence-corrected chi connectivity index (χ3v) is 5.72. The summed E-state index contributed by atoms with van der Waals surface area (Å²) in [5.74, 6) is -0.132. The fourth-order valence-electron chi connectivity index (χ4n) is 3.79. The lowest BCUT2D eigenvalue weighted by molar-refractivity contribution is -0.136. The van der Waals surface area contributed by atoms with Crippen LogP contribution in [0.3, 0.4) is 0 Å². The highest BCUT2D eigenvalue weighted by atomic mass is 32.2. The summed E-state index contributed by atoms with van der Waals surface area (Å²) in [6, 6.07) is 19.0. The zero-order valence-electron chi connectivity index (χ0n) is 16.5. The molecule has 3 aromatic carbocycles. The number of aromatic nitrogens is 1. The van der Waals surface area contributed by atoms with Crippen LogP contribution in [-0.2, 0) is 23.0 Å². The molecule has 0 aliphatic rings. The Morgan fingerprint density at radius 1 is 0.968 bits per heavy atom. The van der Waals surface area contributed by atoms with E-state index >= 15 is 0 Å². The van der Waals surface area contributed by atoms with Crippen LogP contribution >= 0.6 is 0 Å². The van der Waals surface area contributed by atoms with Gasteiger partial charge >= 0.3 is 6.18 Å². The molecule has 0 radical (unpaired) electrons. The number of alkyl halides is 3. The zero-order valence-corrected chi connectivity index (χ0v) is 17.3. The number of aryl methyl sites for hydroxylation is 1. The van der Waals surface area contributed by atoms with Gasteiger partial charge in [0.15, 0.2) is 11.1 Å². The Hall–Kier alpha value is -3.03. The zero-order chi connectivity index (χ0) is 22.2. The maximum atomic E-state index is 13.6. The van der Waals surface area contributed by atoms with Gasteiger partial charge < -0.3 is 4.55 Å². The molecule has 0 amide bonds. The van der Waals surface area contributed by atoms with Gasteiger partial charge in [0, 0.05) is 11.6 Å². The van der Waals surface area contributed by atoms with Crippen LogP contribution in [0.1, 0.15) is 16.7 Å². The van der Waals surface area contributed by atoms with Gasteiger partial charge in [-0.05, 0) is 52.4 Å². The van der Waals surface area contributed by atoms with E-state index in [2.05, 4.69) is 4.98 Å². The van der Waals surface area contributed by atoms with Crippen LogP contribution in [0.15, 0.2) is 72.9 Å². The molecule has 0 aliphatic heterocycles. The first-order valence-corrected chi connectivity index (χ1v) is 10.7. The Kier molecular flexibility index (Phi) is 5.64. The Bertz CT molecular complexity index is 1290. The largest absolute Gasteiger partial charge is 0.418 e. The van der Waals surface area contributed by atoms with Crippen LogP contribution in [-0.4, -0.2) is 13.7 Å². The summed E-state index contributed by atoms with van der Waals surface area (Å²) in [4.78, 5) is 4.08. The number of rotatable bonds is 4. The van der Waals surface area contributed by atoms with E-state index in [4.69, 9.17) is 0 Å². The number of para-hydroxylation sites is 1. The molecule has 158 valence electrons. The summed E-state index contributed by atoms with van der Waals surface area (Å²) < 4.78 is 61.8. The topological polar surface area (TPSA) is 50.2 Å². The van der Waals surface area contributed by atoms with Crippen molar-refractivity contribution in [1.29, 1.82) is 0 Å². The summed E-state index contributed by atoms with van der Waals surface area (Å²) in [7, 11) is 0. The van der Waals surface area contributed by atoms with E-state index in [1.165, 1.54) is 12.3 Å². The first kappa shape index (κ1) is 21.2. The van der Waals surface area contributed by atoms with Gasteiger partial charge in [-0.1, -0.05) is 54.6 Å². The molecule has 4 rings (SSSR count). The maximum Gasteiger partial charge on any atom is 0.418 e. The van der Waals surface area contributed by atoms with Crippen molar-refractivity contribution < 1.29 is 21.9 Å². The third kappa shape index (κ3) is 4.24. The molecule has 31 heavy (non-hydrogen) atoms. The minimum Gasteiger partial charge on any atom is -0.306 e. The Morgan fingerprint density at radius 2 is 1.71 bits per heavy atom. The van der Waals surface area contributed by atoms with Gasteiger partial charge in [0.25, 0.3) is 0 Å². The second kappa shape index (κ2) is 8.24. The predicted octanol–water partition coefficient (Wildman–Crippen LogP) is 6.62. The van der Waals surface area contributed by atoms with E-state index in [1.807, 2.05) is 42.5 Å². The number of hydrogen-bond acceptors (Lipinski definition) is 2. The average molecular weight is 441 g/mol. The molecular weight excluding hydrogens is 423 g/mol. The highest BCUT2D eigenvalue weighted by Gasteiger charge is 2.33. The Labute approximate surface area is 179 Å². The van der Waals surface area contributed by atoms with E-state index in [-0.39, 0.29) is 11.3 Å². The molecule has 0 aliphatic carbocycles. The molecule has 4 aromatic rings. The molecule has 0 bridgehead atoms. The highest BCUT2D eigenvalue weighted by molar-refractivity contribution is 7.78. The van der Waals surface area contributed by atoms with E-state index in [0.29, 0.717) is 27.6 Å². The Morgan fingerprint density at radius 3 is 2.39 bits per heavy atom. The van der Waals surface area contributed by atoms with E-state index in [9.17, 15) is 21.9 Å². The summed E-state index contributed by atoms with van der Waals surface area (Å²) in [5.41, 5.74) is 3.30. The van der Waals surface area contributed by atoms with Gasteiger partial charge in [0.1, 0.15) is 0 Å². The van der Waals surface area contributed by atoms with Gasteiger partial charge in [-0.25, -0.2) is 4.21 Å². The molecule has 0 spiro atoms. The number of fused-ring (bicyclic) bond motifs is 1. The minimum atomic E-state index is -4.54. The summed E-state index contributed by atoms with van der Waals surface area (Å²) >= 11 is -2.11. The number of pyridine rings is 1.